The van der Waals surface area contributed by atoms with E-state index in [1.807, 2.05) is 20.8 Å². The van der Waals surface area contributed by atoms with E-state index < -0.39 is 0 Å². The molecule has 0 radical (unpaired) electrons. The van der Waals surface area contributed by atoms with Crippen molar-refractivity contribution >= 4 is 11.6 Å². The molecule has 0 aromatic rings. The second-order valence-electron chi connectivity index (χ2n) is 5.59. The molecule has 0 N–H and O–H groups in total. The zero-order chi connectivity index (χ0) is 12.7. The Bertz CT molecular complexity index is 448. The maximum Gasteiger partial charge on any atom is 0.163 e. The Balaban J connectivity index is 2.62. The lowest BCUT2D eigenvalue weighted by atomic mass is 9.84. The third-order valence-corrected chi connectivity index (χ3v) is 4.16. The first-order valence-electron chi connectivity index (χ1n) is 6.38. The van der Waals surface area contributed by atoms with Crippen molar-refractivity contribution in [1.29, 1.82) is 0 Å². The minimum absolute atomic E-state index is 0.225. The van der Waals surface area contributed by atoms with Gasteiger partial charge in [0, 0.05) is 18.4 Å². The Morgan fingerprint density at radius 2 is 1.82 bits per heavy atom. The fraction of sp³-hybridized carbons (Fsp3) is 0.600. The van der Waals surface area contributed by atoms with Gasteiger partial charge in [-0.3, -0.25) is 9.59 Å². The standard InChI is InChI=1S/C15H20O2/c1-8(2)14-12(16)6-5-9(3)11-7-13(17)10(4)15(11)14/h9,11H,5-7H2,1-4H3/t9-,11+/m0/s1. The van der Waals surface area contributed by atoms with Crippen LogP contribution >= 0.6 is 0 Å². The van der Waals surface area contributed by atoms with Gasteiger partial charge >= 0.3 is 0 Å². The molecule has 0 amide bonds. The molecular weight excluding hydrogens is 212 g/mol. The van der Waals surface area contributed by atoms with Crippen LogP contribution in [0.25, 0.3) is 0 Å². The highest BCUT2D eigenvalue weighted by atomic mass is 16.1. The summed E-state index contributed by atoms with van der Waals surface area (Å²) in [5.74, 6) is 1.17. The highest BCUT2D eigenvalue weighted by Crippen LogP contribution is 2.44. The van der Waals surface area contributed by atoms with Crippen LogP contribution in [0.2, 0.25) is 0 Å². The Labute approximate surface area is 103 Å². The van der Waals surface area contributed by atoms with E-state index in [-0.39, 0.29) is 17.5 Å². The lowest BCUT2D eigenvalue weighted by Crippen LogP contribution is -2.11. The monoisotopic (exact) mass is 232 g/mol. The van der Waals surface area contributed by atoms with E-state index in [1.54, 1.807) is 0 Å². The summed E-state index contributed by atoms with van der Waals surface area (Å²) < 4.78 is 0. The molecule has 92 valence electrons. The van der Waals surface area contributed by atoms with Crippen LogP contribution in [0.5, 0.6) is 0 Å². The lowest BCUT2D eigenvalue weighted by molar-refractivity contribution is -0.115. The summed E-state index contributed by atoms with van der Waals surface area (Å²) in [6, 6.07) is 0. The van der Waals surface area contributed by atoms with Gasteiger partial charge in [-0.25, -0.2) is 0 Å². The molecular formula is C15H20O2. The highest BCUT2D eigenvalue weighted by molar-refractivity contribution is 6.07. The van der Waals surface area contributed by atoms with E-state index in [4.69, 9.17) is 0 Å². The van der Waals surface area contributed by atoms with Gasteiger partial charge in [0.05, 0.1) is 0 Å². The zero-order valence-corrected chi connectivity index (χ0v) is 11.1. The van der Waals surface area contributed by atoms with Gasteiger partial charge in [0.1, 0.15) is 0 Å². The molecule has 2 rings (SSSR count). The predicted octanol–water partition coefficient (Wildman–Crippen LogP) is 3.23. The number of carbonyl (C=O) groups excluding carboxylic acids is 2. The van der Waals surface area contributed by atoms with Gasteiger partial charge in [-0.15, -0.1) is 0 Å². The van der Waals surface area contributed by atoms with Crippen LogP contribution in [0.3, 0.4) is 0 Å². The molecule has 0 aromatic carbocycles. The molecule has 0 saturated heterocycles. The normalized spacial score (nSPS) is 29.5. The molecule has 0 spiro atoms. The van der Waals surface area contributed by atoms with E-state index in [2.05, 4.69) is 6.92 Å². The SMILES string of the molecule is CC(C)=C1C(=O)CC[C@H](C)[C@H]2CC(=O)C(C)=C12. The van der Waals surface area contributed by atoms with Crippen LogP contribution in [0.1, 0.15) is 47.0 Å². The first-order chi connectivity index (χ1) is 7.93. The molecule has 17 heavy (non-hydrogen) atoms. The largest absolute Gasteiger partial charge is 0.295 e. The van der Waals surface area contributed by atoms with Crippen LogP contribution in [-0.2, 0) is 9.59 Å². The lowest BCUT2D eigenvalue weighted by Gasteiger charge is -2.19. The third-order valence-electron chi connectivity index (χ3n) is 4.16. The van der Waals surface area contributed by atoms with Gasteiger partial charge in [0.15, 0.2) is 11.6 Å². The van der Waals surface area contributed by atoms with Gasteiger partial charge in [-0.05, 0) is 50.2 Å². The summed E-state index contributed by atoms with van der Waals surface area (Å²) in [5.41, 5.74) is 3.79. The van der Waals surface area contributed by atoms with Crippen molar-refractivity contribution in [2.24, 2.45) is 11.8 Å². The quantitative estimate of drug-likeness (QED) is 0.601. The predicted molar refractivity (Wildman–Crippen MR) is 67.6 cm³/mol. The maximum atomic E-state index is 12.2. The van der Waals surface area contributed by atoms with Crippen LogP contribution < -0.4 is 0 Å². The fourth-order valence-electron chi connectivity index (χ4n) is 3.13. The minimum Gasteiger partial charge on any atom is -0.295 e. The summed E-state index contributed by atoms with van der Waals surface area (Å²) in [5, 5.41) is 0. The number of fused-ring (bicyclic) bond motifs is 1. The van der Waals surface area contributed by atoms with Crippen molar-refractivity contribution in [3.8, 4) is 0 Å². The van der Waals surface area contributed by atoms with Crippen molar-refractivity contribution in [2.45, 2.75) is 47.0 Å². The van der Waals surface area contributed by atoms with Gasteiger partial charge in [0.2, 0.25) is 0 Å². The van der Waals surface area contributed by atoms with Gasteiger partial charge < -0.3 is 0 Å². The first-order valence-corrected chi connectivity index (χ1v) is 6.38. The van der Waals surface area contributed by atoms with Crippen LogP contribution in [0, 0.1) is 11.8 Å². The average molecular weight is 232 g/mol. The van der Waals surface area contributed by atoms with Gasteiger partial charge in [-0.2, -0.15) is 0 Å². The summed E-state index contributed by atoms with van der Waals surface area (Å²) in [6.07, 6.45) is 2.14. The molecule has 2 atom stereocenters. The maximum absolute atomic E-state index is 12.2. The number of ketones is 2. The Morgan fingerprint density at radius 1 is 1.18 bits per heavy atom. The highest BCUT2D eigenvalue weighted by Gasteiger charge is 2.39. The second kappa shape index (κ2) is 4.25. The first kappa shape index (κ1) is 12.3. The summed E-state index contributed by atoms with van der Waals surface area (Å²) in [6.45, 7) is 8.00. The molecule has 2 heteroatoms. The number of hydrogen-bond acceptors (Lipinski definition) is 2. The fourth-order valence-corrected chi connectivity index (χ4v) is 3.13. The molecule has 0 bridgehead atoms. The van der Waals surface area contributed by atoms with Crippen LogP contribution in [0.15, 0.2) is 22.3 Å². The number of allylic oxidation sites excluding steroid dienone is 4. The number of hydrogen-bond donors (Lipinski definition) is 0. The molecule has 2 aliphatic carbocycles. The summed E-state index contributed by atoms with van der Waals surface area (Å²) >= 11 is 0. The van der Waals surface area contributed by atoms with E-state index >= 15 is 0 Å². The van der Waals surface area contributed by atoms with Crippen molar-refractivity contribution < 1.29 is 9.59 Å². The van der Waals surface area contributed by atoms with E-state index in [1.165, 1.54) is 0 Å². The Kier molecular flexibility index (Phi) is 3.07. The van der Waals surface area contributed by atoms with Crippen molar-refractivity contribution in [3.05, 3.63) is 22.3 Å². The summed E-state index contributed by atoms with van der Waals surface area (Å²) in [7, 11) is 0. The molecule has 1 saturated carbocycles. The topological polar surface area (TPSA) is 34.1 Å². The molecule has 0 aromatic heterocycles. The van der Waals surface area contributed by atoms with Crippen molar-refractivity contribution in [1.82, 2.24) is 0 Å². The zero-order valence-electron chi connectivity index (χ0n) is 11.1. The number of Topliss-reactive ketones (excluding diaryl/α,β-unsaturated/α-hetero) is 2. The number of rotatable bonds is 0. The van der Waals surface area contributed by atoms with Gasteiger partial charge in [-0.1, -0.05) is 12.5 Å². The van der Waals surface area contributed by atoms with E-state index in [9.17, 15) is 9.59 Å². The molecule has 0 heterocycles. The molecule has 2 aliphatic rings. The molecule has 0 unspecified atom stereocenters. The molecule has 0 aliphatic heterocycles. The molecule has 2 nitrogen and oxygen atoms in total. The Morgan fingerprint density at radius 3 is 2.41 bits per heavy atom. The summed E-state index contributed by atoms with van der Waals surface area (Å²) in [4.78, 5) is 24.1. The number of carbonyl (C=O) groups is 2. The van der Waals surface area contributed by atoms with Crippen LogP contribution in [-0.4, -0.2) is 11.6 Å². The van der Waals surface area contributed by atoms with Crippen molar-refractivity contribution in [3.63, 3.8) is 0 Å². The molecule has 1 fully saturated rings. The Hall–Kier alpha value is -1.18. The third kappa shape index (κ3) is 1.90. The van der Waals surface area contributed by atoms with Gasteiger partial charge in [0.25, 0.3) is 0 Å². The minimum atomic E-state index is 0.225. The smallest absolute Gasteiger partial charge is 0.163 e. The van der Waals surface area contributed by atoms with E-state index in [0.717, 1.165) is 28.7 Å². The van der Waals surface area contributed by atoms with E-state index in [0.29, 0.717) is 18.8 Å². The average Bonchev–Trinajstić information content (AvgIpc) is 2.46. The van der Waals surface area contributed by atoms with Crippen LogP contribution in [0.4, 0.5) is 0 Å². The second-order valence-corrected chi connectivity index (χ2v) is 5.59. The van der Waals surface area contributed by atoms with Crippen molar-refractivity contribution in [2.75, 3.05) is 0 Å².